The predicted molar refractivity (Wildman–Crippen MR) is 213 cm³/mol. The van der Waals surface area contributed by atoms with E-state index in [0.717, 1.165) is 37.2 Å². The van der Waals surface area contributed by atoms with Crippen molar-refractivity contribution in [2.24, 2.45) is 5.92 Å². The molecule has 0 amide bonds. The van der Waals surface area contributed by atoms with Gasteiger partial charge in [0.2, 0.25) is 0 Å². The summed E-state index contributed by atoms with van der Waals surface area (Å²) in [5, 5.41) is 3.57. The number of hydrogen-bond acceptors (Lipinski definition) is 3. The zero-order valence-corrected chi connectivity index (χ0v) is 32.4. The van der Waals surface area contributed by atoms with E-state index in [9.17, 15) is 0 Å². The van der Waals surface area contributed by atoms with Crippen LogP contribution in [-0.4, -0.2) is 37.1 Å². The summed E-state index contributed by atoms with van der Waals surface area (Å²) in [5.41, 5.74) is 9.23. The summed E-state index contributed by atoms with van der Waals surface area (Å²) in [6.07, 6.45) is 24.8. The smallest absolute Gasteiger partial charge is 0.0497 e. The lowest BCUT2D eigenvalue weighted by molar-refractivity contribution is 0.133. The zero-order chi connectivity index (χ0) is 35.0. The Kier molecular flexibility index (Phi) is 23.1. The van der Waals surface area contributed by atoms with Crippen LogP contribution in [-0.2, 0) is 0 Å². The van der Waals surface area contributed by atoms with E-state index in [2.05, 4.69) is 80.7 Å². The molecule has 0 bridgehead atoms. The Morgan fingerprint density at radius 1 is 0.787 bits per heavy atom. The molecule has 266 valence electrons. The Balaban J connectivity index is 0.000000437. The van der Waals surface area contributed by atoms with E-state index in [4.69, 9.17) is 0 Å². The second-order valence-corrected chi connectivity index (χ2v) is 13.0. The highest BCUT2D eigenvalue weighted by atomic mass is 15.2. The van der Waals surface area contributed by atoms with Gasteiger partial charge in [0.15, 0.2) is 0 Å². The van der Waals surface area contributed by atoms with Gasteiger partial charge in [0.1, 0.15) is 0 Å². The number of nitrogens with zero attached hydrogens (tertiary/aromatic N) is 2. The number of rotatable bonds is 6. The first-order valence-electron chi connectivity index (χ1n) is 19.6. The van der Waals surface area contributed by atoms with Crippen molar-refractivity contribution >= 4 is 5.69 Å². The van der Waals surface area contributed by atoms with Crippen molar-refractivity contribution in [1.29, 1.82) is 0 Å². The van der Waals surface area contributed by atoms with E-state index < -0.39 is 0 Å². The third-order valence-corrected chi connectivity index (χ3v) is 9.93. The molecule has 2 aliphatic carbocycles. The van der Waals surface area contributed by atoms with Gasteiger partial charge in [-0.15, -0.1) is 6.58 Å². The molecule has 0 aromatic heterocycles. The van der Waals surface area contributed by atoms with Gasteiger partial charge in [-0.05, 0) is 119 Å². The van der Waals surface area contributed by atoms with Gasteiger partial charge >= 0.3 is 0 Å². The molecule has 1 saturated heterocycles. The van der Waals surface area contributed by atoms with Gasteiger partial charge in [-0.25, -0.2) is 0 Å². The van der Waals surface area contributed by atoms with Crippen LogP contribution in [0.15, 0.2) is 78.7 Å². The van der Waals surface area contributed by atoms with Gasteiger partial charge in [0.05, 0.1) is 0 Å². The van der Waals surface area contributed by atoms with Crippen LogP contribution in [0, 0.1) is 19.8 Å². The Hall–Kier alpha value is -2.52. The summed E-state index contributed by atoms with van der Waals surface area (Å²) in [7, 11) is 0. The Labute approximate surface area is 293 Å². The third-order valence-electron chi connectivity index (χ3n) is 9.93. The number of benzene rings is 1. The molecular formula is C44H75N3. The van der Waals surface area contributed by atoms with Gasteiger partial charge in [0, 0.05) is 41.8 Å². The van der Waals surface area contributed by atoms with E-state index in [0.29, 0.717) is 0 Å². The van der Waals surface area contributed by atoms with Crippen molar-refractivity contribution in [3.63, 3.8) is 0 Å². The number of aryl methyl sites for hydroxylation is 2. The average molecular weight is 646 g/mol. The number of hydrogen-bond donors (Lipinski definition) is 1. The molecule has 0 atom stereocenters. The maximum absolute atomic E-state index is 4.15. The Morgan fingerprint density at radius 3 is 1.89 bits per heavy atom. The van der Waals surface area contributed by atoms with E-state index >= 15 is 0 Å². The lowest BCUT2D eigenvalue weighted by atomic mass is 9.93. The molecule has 1 aromatic rings. The quantitative estimate of drug-likeness (QED) is 0.245. The number of allylic oxidation sites excluding steroid dienone is 4. The number of piperidine rings is 1. The molecule has 47 heavy (non-hydrogen) atoms. The van der Waals surface area contributed by atoms with Crippen LogP contribution in [0.3, 0.4) is 0 Å². The van der Waals surface area contributed by atoms with Gasteiger partial charge in [0.25, 0.3) is 0 Å². The van der Waals surface area contributed by atoms with E-state index in [1.54, 1.807) is 5.57 Å². The fourth-order valence-corrected chi connectivity index (χ4v) is 7.19. The van der Waals surface area contributed by atoms with Crippen LogP contribution in [0.25, 0.3) is 0 Å². The van der Waals surface area contributed by atoms with Crippen LogP contribution in [0.5, 0.6) is 0 Å². The highest BCUT2D eigenvalue weighted by Crippen LogP contribution is 2.37. The van der Waals surface area contributed by atoms with E-state index in [1.165, 1.54) is 125 Å². The number of nitrogens with one attached hydrogen (secondary N) is 1. The fourth-order valence-electron chi connectivity index (χ4n) is 7.19. The molecule has 1 N–H and O–H groups in total. The minimum absolute atomic E-state index is 0.906. The van der Waals surface area contributed by atoms with E-state index in [-0.39, 0.29) is 0 Å². The molecule has 4 aliphatic rings. The van der Waals surface area contributed by atoms with Crippen molar-refractivity contribution in [3.05, 3.63) is 89.8 Å². The molecular weight excluding hydrogens is 571 g/mol. The highest BCUT2D eigenvalue weighted by Gasteiger charge is 2.27. The first-order valence-corrected chi connectivity index (χ1v) is 19.6. The summed E-state index contributed by atoms with van der Waals surface area (Å²) < 4.78 is 0. The molecule has 0 unspecified atom stereocenters. The van der Waals surface area contributed by atoms with Gasteiger partial charge in [-0.2, -0.15) is 0 Å². The molecule has 3 fully saturated rings. The molecule has 5 rings (SSSR count). The van der Waals surface area contributed by atoms with Crippen molar-refractivity contribution in [1.82, 2.24) is 10.2 Å². The zero-order valence-electron chi connectivity index (χ0n) is 32.4. The summed E-state index contributed by atoms with van der Waals surface area (Å²) >= 11 is 0. The molecule has 0 spiro atoms. The van der Waals surface area contributed by atoms with E-state index in [1.807, 2.05) is 45.9 Å². The molecule has 2 saturated carbocycles. The van der Waals surface area contributed by atoms with Crippen molar-refractivity contribution in [3.8, 4) is 0 Å². The molecule has 3 nitrogen and oxygen atoms in total. The van der Waals surface area contributed by atoms with Gasteiger partial charge in [-0.1, -0.05) is 111 Å². The van der Waals surface area contributed by atoms with Crippen molar-refractivity contribution in [2.75, 3.05) is 31.1 Å². The van der Waals surface area contributed by atoms with Gasteiger partial charge in [-0.3, -0.25) is 0 Å². The minimum atomic E-state index is 0.906. The Bertz CT molecular complexity index is 1070. The maximum Gasteiger partial charge on any atom is 0.0497 e. The van der Waals surface area contributed by atoms with Crippen LogP contribution in [0.1, 0.15) is 143 Å². The monoisotopic (exact) mass is 646 g/mol. The number of anilines is 1. The van der Waals surface area contributed by atoms with Gasteiger partial charge < -0.3 is 15.1 Å². The fraction of sp³-hybridized carbons (Fsp3) is 0.636. The number of likely N-dealkylation sites (tertiary alicyclic amines) is 1. The summed E-state index contributed by atoms with van der Waals surface area (Å²) in [5.74, 6) is 1.04. The standard InChI is InChI=1S/C24H32N2.C12H23N.C4H8.2C2H6/c1-5-21-22(6-2)25-15-16-26(23-17-18(3)13-14-19(23)4)24(21)20-11-9-7-8-10-12-20;1-2-11-7-9-13(10-8-11)12-5-3-4-6-12;1-3-4-2;2*1-2/h5-6,13-14,17,25H,1-2,7-12,15-16H2,3-4H3;11-12H,2-10H2,1H3;3H,1,4H2,2H3;2*1-2H3. The minimum Gasteiger partial charge on any atom is -0.383 e. The first kappa shape index (κ1) is 42.5. The highest BCUT2D eigenvalue weighted by molar-refractivity contribution is 5.66. The van der Waals surface area contributed by atoms with Crippen LogP contribution < -0.4 is 10.2 Å². The third kappa shape index (κ3) is 13.9. The second-order valence-electron chi connectivity index (χ2n) is 13.0. The first-order chi connectivity index (χ1) is 23.0. The summed E-state index contributed by atoms with van der Waals surface area (Å²) in [6.45, 7) is 33.1. The molecule has 2 aliphatic heterocycles. The normalized spacial score (nSPS) is 19.1. The lowest BCUT2D eigenvalue weighted by Gasteiger charge is -2.35. The topological polar surface area (TPSA) is 18.5 Å². The predicted octanol–water partition coefficient (Wildman–Crippen LogP) is 12.6. The average Bonchev–Trinajstić information content (AvgIpc) is 3.44. The molecule has 3 heteroatoms. The molecule has 0 radical (unpaired) electrons. The molecule has 2 heterocycles. The SMILES string of the molecule is C=CC1=C(C=C)C(=C2CCCCCC2)N(c2cc(C)ccc2C)CCN1.C=CCC.CC.CC.CCC1CCN(C2CCCC2)CC1. The van der Waals surface area contributed by atoms with Crippen LogP contribution in [0.2, 0.25) is 0 Å². The summed E-state index contributed by atoms with van der Waals surface area (Å²) in [6, 6.07) is 7.74. The summed E-state index contributed by atoms with van der Waals surface area (Å²) in [4.78, 5) is 5.29. The largest absolute Gasteiger partial charge is 0.383 e. The second kappa shape index (κ2) is 25.5. The molecule has 1 aromatic carbocycles. The maximum atomic E-state index is 4.15. The van der Waals surface area contributed by atoms with Crippen LogP contribution >= 0.6 is 0 Å². The van der Waals surface area contributed by atoms with Crippen LogP contribution in [0.4, 0.5) is 5.69 Å². The lowest BCUT2D eigenvalue weighted by Crippen LogP contribution is -2.39. The van der Waals surface area contributed by atoms with Crippen molar-refractivity contribution < 1.29 is 0 Å². The van der Waals surface area contributed by atoms with Crippen molar-refractivity contribution in [2.45, 2.75) is 151 Å². The Morgan fingerprint density at radius 2 is 1.38 bits per heavy atom.